The summed E-state index contributed by atoms with van der Waals surface area (Å²) in [5.74, 6) is 0.282. The molecule has 0 fully saturated rings. The molecule has 0 aliphatic heterocycles. The van der Waals surface area contributed by atoms with Gasteiger partial charge in [-0.25, -0.2) is 4.79 Å². The third-order valence-electron chi connectivity index (χ3n) is 1.13. The van der Waals surface area contributed by atoms with Gasteiger partial charge in [-0.3, -0.25) is 4.84 Å². The molecule has 0 radical (unpaired) electrons. The van der Waals surface area contributed by atoms with E-state index in [1.54, 1.807) is 0 Å². The van der Waals surface area contributed by atoms with Crippen LogP contribution in [0.15, 0.2) is 5.16 Å². The molecule has 0 saturated carbocycles. The number of carbonyl (C=O) groups excluding carboxylic acids is 1. The van der Waals surface area contributed by atoms with Gasteiger partial charge in [0.05, 0.1) is 0 Å². The average molecular weight is 190 g/mol. The first-order valence-corrected chi connectivity index (χ1v) is 4.84. The van der Waals surface area contributed by atoms with Crippen molar-refractivity contribution in [2.75, 3.05) is 13.3 Å². The van der Waals surface area contributed by atoms with Gasteiger partial charge in [0.25, 0.3) is 0 Å². The lowest BCUT2D eigenvalue weighted by atomic mass is 10.2. The summed E-state index contributed by atoms with van der Waals surface area (Å²) in [5, 5.41) is 6.79. The highest BCUT2D eigenvalue weighted by molar-refractivity contribution is 8.13. The highest BCUT2D eigenvalue weighted by Crippen LogP contribution is 2.09. The quantitative estimate of drug-likeness (QED) is 0.312. The van der Waals surface area contributed by atoms with Gasteiger partial charge in [-0.05, 0) is 6.26 Å². The molecular weight excluding hydrogens is 176 g/mol. The minimum Gasteiger partial charge on any atom is -0.323 e. The molecule has 0 bridgehead atoms. The Balaban J connectivity index is 4.03. The van der Waals surface area contributed by atoms with Crippen molar-refractivity contribution in [3.63, 3.8) is 0 Å². The molecule has 0 aromatic rings. The third kappa shape index (κ3) is 4.23. The van der Waals surface area contributed by atoms with E-state index in [0.717, 1.165) is 5.04 Å². The maximum absolute atomic E-state index is 10.6. The Labute approximate surface area is 76.7 Å². The fraction of sp³-hybridized carbons (Fsp3) is 0.714. The summed E-state index contributed by atoms with van der Waals surface area (Å²) in [5.41, 5.74) is 0. The molecule has 0 aromatic carbocycles. The maximum Gasteiger partial charge on any atom is 0.433 e. The molecule has 0 spiro atoms. The summed E-state index contributed by atoms with van der Waals surface area (Å²) < 4.78 is 0. The first-order chi connectivity index (χ1) is 5.61. The Morgan fingerprint density at radius 2 is 2.17 bits per heavy atom. The number of hydrogen-bond donors (Lipinski definition) is 1. The molecule has 5 heteroatoms. The average Bonchev–Trinajstić information content (AvgIpc) is 2.04. The first-order valence-electron chi connectivity index (χ1n) is 3.62. The van der Waals surface area contributed by atoms with Crippen LogP contribution in [0, 0.1) is 5.92 Å². The van der Waals surface area contributed by atoms with Crippen molar-refractivity contribution in [3.8, 4) is 0 Å². The van der Waals surface area contributed by atoms with Gasteiger partial charge < -0.3 is 5.32 Å². The molecule has 0 unspecified atom stereocenters. The summed E-state index contributed by atoms with van der Waals surface area (Å²) in [6.07, 6.45) is 1.36. The Morgan fingerprint density at radius 1 is 1.58 bits per heavy atom. The van der Waals surface area contributed by atoms with Crippen LogP contribution in [0.3, 0.4) is 0 Å². The number of amides is 1. The first kappa shape index (κ1) is 11.3. The van der Waals surface area contributed by atoms with Gasteiger partial charge in [0, 0.05) is 13.0 Å². The van der Waals surface area contributed by atoms with E-state index < -0.39 is 6.09 Å². The van der Waals surface area contributed by atoms with E-state index in [1.807, 2.05) is 20.1 Å². The molecule has 0 rings (SSSR count). The standard InChI is InChI=1S/C7H14N2O2S/c1-5(2)6(12-4)9-11-7(10)8-3/h5H,1-4H3,(H,8,10)/b9-6+. The lowest BCUT2D eigenvalue weighted by molar-refractivity contribution is 0.153. The van der Waals surface area contributed by atoms with Crippen molar-refractivity contribution in [1.29, 1.82) is 0 Å². The lowest BCUT2D eigenvalue weighted by Gasteiger charge is -2.04. The van der Waals surface area contributed by atoms with Gasteiger partial charge in [0.2, 0.25) is 0 Å². The number of nitrogens with zero attached hydrogens (tertiary/aromatic N) is 1. The molecule has 70 valence electrons. The molecule has 0 atom stereocenters. The molecule has 12 heavy (non-hydrogen) atoms. The van der Waals surface area contributed by atoms with E-state index in [9.17, 15) is 4.79 Å². The van der Waals surface area contributed by atoms with Crippen molar-refractivity contribution in [2.45, 2.75) is 13.8 Å². The Bertz CT molecular complexity index is 180. The summed E-state index contributed by atoms with van der Waals surface area (Å²) in [4.78, 5) is 15.1. The minimum atomic E-state index is -0.540. The Hall–Kier alpha value is -0.710. The van der Waals surface area contributed by atoms with Crippen LogP contribution in [0.25, 0.3) is 0 Å². The van der Waals surface area contributed by atoms with E-state index in [1.165, 1.54) is 18.8 Å². The van der Waals surface area contributed by atoms with E-state index in [0.29, 0.717) is 0 Å². The molecule has 1 N–H and O–H groups in total. The summed E-state index contributed by atoms with van der Waals surface area (Å²) in [6, 6.07) is 0. The van der Waals surface area contributed by atoms with Crippen molar-refractivity contribution in [1.82, 2.24) is 5.32 Å². The predicted molar refractivity (Wildman–Crippen MR) is 51.3 cm³/mol. The monoisotopic (exact) mass is 190 g/mol. The number of oxime groups is 1. The van der Waals surface area contributed by atoms with Crippen LogP contribution < -0.4 is 5.32 Å². The van der Waals surface area contributed by atoms with Crippen molar-refractivity contribution < 1.29 is 9.63 Å². The Morgan fingerprint density at radius 3 is 2.50 bits per heavy atom. The van der Waals surface area contributed by atoms with Gasteiger partial charge >= 0.3 is 6.09 Å². The molecule has 4 nitrogen and oxygen atoms in total. The van der Waals surface area contributed by atoms with Crippen LogP contribution in [0.5, 0.6) is 0 Å². The molecule has 0 aromatic heterocycles. The SMILES string of the molecule is CNC(=O)O/N=C(/SC)C(C)C. The van der Waals surface area contributed by atoms with Crippen LogP contribution in [0.1, 0.15) is 13.8 Å². The van der Waals surface area contributed by atoms with E-state index in [4.69, 9.17) is 0 Å². The molecular formula is C7H14N2O2S. The van der Waals surface area contributed by atoms with Crippen molar-refractivity contribution in [3.05, 3.63) is 0 Å². The summed E-state index contributed by atoms with van der Waals surface area (Å²) in [7, 11) is 1.49. The highest BCUT2D eigenvalue weighted by Gasteiger charge is 2.05. The largest absolute Gasteiger partial charge is 0.433 e. The van der Waals surface area contributed by atoms with Gasteiger partial charge in [-0.2, -0.15) is 0 Å². The zero-order valence-electron chi connectivity index (χ0n) is 7.75. The number of rotatable bonds is 2. The zero-order valence-corrected chi connectivity index (χ0v) is 8.57. The number of thioether (sulfide) groups is 1. The molecule has 1 amide bonds. The highest BCUT2D eigenvalue weighted by atomic mass is 32.2. The lowest BCUT2D eigenvalue weighted by Crippen LogP contribution is -2.17. The van der Waals surface area contributed by atoms with Gasteiger partial charge in [-0.15, -0.1) is 11.8 Å². The maximum atomic E-state index is 10.6. The zero-order chi connectivity index (χ0) is 9.56. The number of nitrogens with one attached hydrogen (secondary N) is 1. The number of carbonyl (C=O) groups is 1. The molecule has 0 aliphatic rings. The Kier molecular flexibility index (Phi) is 5.53. The second-order valence-electron chi connectivity index (χ2n) is 2.42. The van der Waals surface area contributed by atoms with E-state index in [2.05, 4.69) is 15.3 Å². The topological polar surface area (TPSA) is 50.7 Å². The van der Waals surface area contributed by atoms with Gasteiger partial charge in [0.15, 0.2) is 0 Å². The van der Waals surface area contributed by atoms with Crippen LogP contribution in [-0.4, -0.2) is 24.4 Å². The number of hydrogen-bond acceptors (Lipinski definition) is 4. The second-order valence-corrected chi connectivity index (χ2v) is 3.24. The van der Waals surface area contributed by atoms with Crippen molar-refractivity contribution in [2.24, 2.45) is 11.1 Å². The summed E-state index contributed by atoms with van der Waals surface area (Å²) in [6.45, 7) is 3.98. The van der Waals surface area contributed by atoms with Gasteiger partial charge in [-0.1, -0.05) is 19.0 Å². The normalized spacial score (nSPS) is 11.6. The fourth-order valence-corrected chi connectivity index (χ4v) is 1.09. The van der Waals surface area contributed by atoms with Crippen molar-refractivity contribution >= 4 is 22.9 Å². The van der Waals surface area contributed by atoms with Crippen LogP contribution in [-0.2, 0) is 4.84 Å². The van der Waals surface area contributed by atoms with Crippen LogP contribution in [0.4, 0.5) is 4.79 Å². The fourth-order valence-electron chi connectivity index (χ4n) is 0.510. The van der Waals surface area contributed by atoms with E-state index in [-0.39, 0.29) is 5.92 Å². The smallest absolute Gasteiger partial charge is 0.323 e. The van der Waals surface area contributed by atoms with Crippen LogP contribution in [0.2, 0.25) is 0 Å². The van der Waals surface area contributed by atoms with E-state index >= 15 is 0 Å². The summed E-state index contributed by atoms with van der Waals surface area (Å²) >= 11 is 1.48. The second kappa shape index (κ2) is 5.88. The molecule has 0 aliphatic carbocycles. The molecule has 0 heterocycles. The van der Waals surface area contributed by atoms with Gasteiger partial charge in [0.1, 0.15) is 5.04 Å². The third-order valence-corrected chi connectivity index (χ3v) is 2.09. The van der Waals surface area contributed by atoms with Crippen LogP contribution >= 0.6 is 11.8 Å². The molecule has 0 saturated heterocycles. The predicted octanol–water partition coefficient (Wildman–Crippen LogP) is 1.67. The minimum absolute atomic E-state index is 0.282.